The van der Waals surface area contributed by atoms with Gasteiger partial charge in [0.2, 0.25) is 11.8 Å². The average molecular weight is 435 g/mol. The van der Waals surface area contributed by atoms with Crippen LogP contribution < -0.4 is 16.4 Å². The first-order valence-electron chi connectivity index (χ1n) is 9.96. The van der Waals surface area contributed by atoms with Crippen LogP contribution in [0.1, 0.15) is 39.0 Å². The first-order valence-corrected chi connectivity index (χ1v) is 9.96. The summed E-state index contributed by atoms with van der Waals surface area (Å²) < 4.78 is 10.6. The van der Waals surface area contributed by atoms with E-state index in [0.717, 1.165) is 0 Å². The number of aliphatic carboxylic acids is 1. The molecule has 1 fully saturated rings. The van der Waals surface area contributed by atoms with Crippen molar-refractivity contribution in [1.29, 1.82) is 0 Å². The zero-order chi connectivity index (χ0) is 22.7. The molecule has 1 saturated heterocycles. The fraction of sp³-hybridized carbons (Fsp3) is 0.833. The molecule has 1 heterocycles. The van der Waals surface area contributed by atoms with Crippen LogP contribution in [-0.4, -0.2) is 94.7 Å². The molecule has 12 heteroatoms. The van der Waals surface area contributed by atoms with E-state index in [4.69, 9.17) is 20.3 Å². The van der Waals surface area contributed by atoms with Crippen molar-refractivity contribution >= 4 is 17.8 Å². The summed E-state index contributed by atoms with van der Waals surface area (Å²) in [6.07, 6.45) is -3.94. The molecule has 12 nitrogen and oxygen atoms in total. The highest BCUT2D eigenvalue weighted by molar-refractivity contribution is 5.85. The molecular formula is C18H33N3O9. The molecule has 1 unspecified atom stereocenters. The number of hydrogen-bond donors (Lipinski definition) is 7. The van der Waals surface area contributed by atoms with Gasteiger partial charge in [-0.3, -0.25) is 14.4 Å². The molecule has 0 aliphatic carbocycles. The lowest BCUT2D eigenvalue weighted by atomic mass is 10.0. The molecule has 0 spiro atoms. The Labute approximate surface area is 174 Å². The van der Waals surface area contributed by atoms with E-state index in [9.17, 15) is 29.7 Å². The minimum atomic E-state index is -1.38. The van der Waals surface area contributed by atoms with E-state index in [1.807, 2.05) is 0 Å². The predicted octanol–water partition coefficient (Wildman–Crippen LogP) is -2.57. The van der Waals surface area contributed by atoms with Crippen LogP contribution in [0.15, 0.2) is 0 Å². The Kier molecular flexibility index (Phi) is 11.8. The molecule has 0 saturated carbocycles. The van der Waals surface area contributed by atoms with Crippen molar-refractivity contribution in [3.8, 4) is 0 Å². The molecule has 30 heavy (non-hydrogen) atoms. The summed E-state index contributed by atoms with van der Waals surface area (Å²) in [4.78, 5) is 33.8. The maximum Gasteiger partial charge on any atom is 0.305 e. The van der Waals surface area contributed by atoms with E-state index in [1.165, 1.54) is 0 Å². The van der Waals surface area contributed by atoms with Gasteiger partial charge in [0.25, 0.3) is 0 Å². The van der Waals surface area contributed by atoms with E-state index in [0.29, 0.717) is 25.8 Å². The molecule has 0 aromatic rings. The van der Waals surface area contributed by atoms with Crippen LogP contribution in [-0.2, 0) is 23.9 Å². The summed E-state index contributed by atoms with van der Waals surface area (Å²) in [5.41, 5.74) is 5.43. The fourth-order valence-corrected chi connectivity index (χ4v) is 2.82. The Morgan fingerprint density at radius 1 is 1.03 bits per heavy atom. The second-order valence-electron chi connectivity index (χ2n) is 7.21. The number of unbranched alkanes of at least 4 members (excludes halogenated alkanes) is 2. The fourth-order valence-electron chi connectivity index (χ4n) is 2.82. The molecule has 1 rings (SSSR count). The van der Waals surface area contributed by atoms with Gasteiger partial charge in [-0.25, -0.2) is 0 Å². The van der Waals surface area contributed by atoms with Crippen LogP contribution in [0.25, 0.3) is 0 Å². The molecule has 1 aliphatic heterocycles. The summed E-state index contributed by atoms with van der Waals surface area (Å²) >= 11 is 0. The minimum absolute atomic E-state index is 0.0611. The second kappa shape index (κ2) is 13.5. The lowest BCUT2D eigenvalue weighted by molar-refractivity contribution is -0.292. The number of carbonyl (C=O) groups excluding carboxylic acids is 2. The van der Waals surface area contributed by atoms with Crippen molar-refractivity contribution in [2.75, 3.05) is 19.7 Å². The van der Waals surface area contributed by atoms with Crippen molar-refractivity contribution in [2.24, 2.45) is 5.73 Å². The van der Waals surface area contributed by atoms with E-state index in [-0.39, 0.29) is 25.5 Å². The Bertz CT molecular complexity index is 563. The molecule has 0 bridgehead atoms. The van der Waals surface area contributed by atoms with Gasteiger partial charge in [-0.15, -0.1) is 0 Å². The minimum Gasteiger partial charge on any atom is -0.481 e. The molecule has 0 aromatic carbocycles. The zero-order valence-electron chi connectivity index (χ0n) is 17.0. The number of rotatable bonds is 13. The number of aliphatic hydroxyl groups excluding tert-OH is 3. The van der Waals surface area contributed by atoms with Crippen LogP contribution in [0.4, 0.5) is 0 Å². The number of nitrogens with one attached hydrogen (secondary N) is 2. The molecule has 0 radical (unpaired) electrons. The van der Waals surface area contributed by atoms with Crippen LogP contribution in [0, 0.1) is 0 Å². The Morgan fingerprint density at radius 3 is 2.40 bits per heavy atom. The Morgan fingerprint density at radius 2 is 1.73 bits per heavy atom. The highest BCUT2D eigenvalue weighted by Crippen LogP contribution is 2.21. The smallest absolute Gasteiger partial charge is 0.305 e. The Balaban J connectivity index is 2.05. The van der Waals surface area contributed by atoms with Gasteiger partial charge in [0.1, 0.15) is 18.3 Å². The lowest BCUT2D eigenvalue weighted by Gasteiger charge is -2.38. The molecule has 174 valence electrons. The number of carboxylic acids is 1. The highest BCUT2D eigenvalue weighted by Gasteiger charge is 2.42. The number of carboxylic acid groups (broad SMARTS) is 1. The van der Waals surface area contributed by atoms with Gasteiger partial charge in [-0.2, -0.15) is 0 Å². The number of nitrogens with two attached hydrogens (primary N) is 1. The molecular weight excluding hydrogens is 402 g/mol. The molecule has 1 aliphatic rings. The quantitative estimate of drug-likeness (QED) is 0.151. The average Bonchev–Trinajstić information content (AvgIpc) is 2.69. The van der Waals surface area contributed by atoms with Gasteiger partial charge >= 0.3 is 5.97 Å². The second-order valence-corrected chi connectivity index (χ2v) is 7.21. The number of amides is 2. The van der Waals surface area contributed by atoms with Crippen molar-refractivity contribution < 1.29 is 44.3 Å². The van der Waals surface area contributed by atoms with Gasteiger partial charge < -0.3 is 46.3 Å². The van der Waals surface area contributed by atoms with E-state index >= 15 is 0 Å². The normalized spacial score (nSPS) is 27.3. The van der Waals surface area contributed by atoms with Crippen LogP contribution in [0.2, 0.25) is 0 Å². The summed E-state index contributed by atoms with van der Waals surface area (Å²) in [6.45, 7) is 2.15. The van der Waals surface area contributed by atoms with Gasteiger partial charge in [0.05, 0.1) is 25.2 Å². The predicted molar refractivity (Wildman–Crippen MR) is 103 cm³/mol. The zero-order valence-corrected chi connectivity index (χ0v) is 17.0. The van der Waals surface area contributed by atoms with Gasteiger partial charge in [-0.05, 0) is 19.8 Å². The number of aliphatic hydroxyl groups is 3. The number of carbonyl (C=O) groups is 3. The summed E-state index contributed by atoms with van der Waals surface area (Å²) in [5, 5.41) is 42.9. The first kappa shape index (κ1) is 26.2. The highest BCUT2D eigenvalue weighted by atomic mass is 16.7. The molecule has 6 atom stereocenters. The SMILES string of the molecule is C[C@@H]1O[C@@H](OCCNC(=O)CCCCCNC(=O)C(N)CC(=O)O)[C@@H](O)[C@H](O)[C@@H]1O. The molecule has 8 N–H and O–H groups in total. The van der Waals surface area contributed by atoms with Crippen LogP contribution in [0.3, 0.4) is 0 Å². The van der Waals surface area contributed by atoms with Crippen LogP contribution >= 0.6 is 0 Å². The van der Waals surface area contributed by atoms with Gasteiger partial charge in [-0.1, -0.05) is 6.42 Å². The van der Waals surface area contributed by atoms with Crippen molar-refractivity contribution in [3.05, 3.63) is 0 Å². The maximum absolute atomic E-state index is 11.8. The number of ether oxygens (including phenoxy) is 2. The maximum atomic E-state index is 11.8. The third kappa shape index (κ3) is 9.32. The largest absolute Gasteiger partial charge is 0.481 e. The monoisotopic (exact) mass is 435 g/mol. The van der Waals surface area contributed by atoms with Crippen molar-refractivity contribution in [1.82, 2.24) is 10.6 Å². The summed E-state index contributed by atoms with van der Waals surface area (Å²) in [5.74, 6) is -1.83. The lowest BCUT2D eigenvalue weighted by Crippen LogP contribution is -2.57. The standard InChI is InChI=1S/C18H33N3O9/c1-10-14(25)15(26)16(27)18(30-10)29-8-7-20-12(22)5-3-2-4-6-21-17(28)11(19)9-13(23)24/h10-11,14-16,18,25-27H,2-9,19H2,1H3,(H,20,22)(H,21,28)(H,23,24)/t10-,11?,14+,15+,16-,18+/m0/s1. The van der Waals surface area contributed by atoms with Gasteiger partial charge in [0, 0.05) is 19.5 Å². The topological polar surface area (TPSA) is 201 Å². The van der Waals surface area contributed by atoms with E-state index in [1.54, 1.807) is 6.92 Å². The molecule has 0 aromatic heterocycles. The van der Waals surface area contributed by atoms with Gasteiger partial charge in [0.15, 0.2) is 6.29 Å². The van der Waals surface area contributed by atoms with Crippen molar-refractivity contribution in [2.45, 2.75) is 75.8 Å². The van der Waals surface area contributed by atoms with Crippen molar-refractivity contribution in [3.63, 3.8) is 0 Å². The van der Waals surface area contributed by atoms with E-state index in [2.05, 4.69) is 10.6 Å². The van der Waals surface area contributed by atoms with E-state index < -0.39 is 55.0 Å². The summed E-state index contributed by atoms with van der Waals surface area (Å²) in [6, 6.07) is -1.08. The van der Waals surface area contributed by atoms with Crippen LogP contribution in [0.5, 0.6) is 0 Å². The third-order valence-corrected chi connectivity index (χ3v) is 4.63. The number of hydrogen-bond acceptors (Lipinski definition) is 9. The first-order chi connectivity index (χ1) is 14.1. The Hall–Kier alpha value is -1.83. The molecule has 2 amide bonds. The summed E-state index contributed by atoms with van der Waals surface area (Å²) in [7, 11) is 0. The third-order valence-electron chi connectivity index (χ3n) is 4.63.